The van der Waals surface area contributed by atoms with Gasteiger partial charge in [-0.3, -0.25) is 0 Å². The Morgan fingerprint density at radius 3 is 2.38 bits per heavy atom. The summed E-state index contributed by atoms with van der Waals surface area (Å²) in [7, 11) is 0. The third-order valence-electron chi connectivity index (χ3n) is 4.34. The molecular weight excluding hydrogens is 320 g/mol. The molecule has 3 nitrogen and oxygen atoms in total. The minimum absolute atomic E-state index is 0.654. The summed E-state index contributed by atoms with van der Waals surface area (Å²) in [4.78, 5) is 4.52. The zero-order valence-corrected chi connectivity index (χ0v) is 14.7. The highest BCUT2D eigenvalue weighted by Gasteiger charge is 2.30. The maximum atomic E-state index is 11.2. The van der Waals surface area contributed by atoms with Crippen molar-refractivity contribution < 1.29 is 5.11 Å². The Balaban J connectivity index is 2.04. The first-order valence-electron chi connectivity index (χ1n) is 8.09. The number of hydrogen-bond donors (Lipinski definition) is 1. The van der Waals surface area contributed by atoms with Crippen molar-refractivity contribution in [1.82, 2.24) is 9.55 Å². The fraction of sp³-hybridized carbons (Fsp3) is 0.250. The van der Waals surface area contributed by atoms with E-state index in [9.17, 15) is 5.11 Å². The van der Waals surface area contributed by atoms with Crippen LogP contribution in [0.5, 0.6) is 0 Å². The second-order valence-electron chi connectivity index (χ2n) is 6.06. The minimum Gasteiger partial charge on any atom is -0.379 e. The summed E-state index contributed by atoms with van der Waals surface area (Å²) in [5.74, 6) is 0.961. The molecular formula is C20H21ClN2O. The molecule has 4 heteroatoms. The summed E-state index contributed by atoms with van der Waals surface area (Å²) >= 11 is 5.97. The topological polar surface area (TPSA) is 38.1 Å². The molecule has 124 valence electrons. The van der Waals surface area contributed by atoms with Crippen molar-refractivity contribution >= 4 is 11.6 Å². The first-order chi connectivity index (χ1) is 11.5. The molecule has 0 amide bonds. The first-order valence-corrected chi connectivity index (χ1v) is 8.47. The Bertz CT molecular complexity index is 807. The van der Waals surface area contributed by atoms with Crippen LogP contribution in [0.2, 0.25) is 5.02 Å². The van der Waals surface area contributed by atoms with Gasteiger partial charge in [0.2, 0.25) is 0 Å². The Labute approximate surface area is 147 Å². The lowest BCUT2D eigenvalue weighted by atomic mass is 9.92. The molecule has 0 radical (unpaired) electrons. The van der Waals surface area contributed by atoms with Crippen LogP contribution in [-0.2, 0) is 18.6 Å². The lowest BCUT2D eigenvalue weighted by molar-refractivity contribution is 0.0932. The van der Waals surface area contributed by atoms with E-state index in [2.05, 4.69) is 28.6 Å². The molecule has 0 bridgehead atoms. The smallest absolute Gasteiger partial charge is 0.128 e. The van der Waals surface area contributed by atoms with Gasteiger partial charge in [-0.25, -0.2) is 4.98 Å². The van der Waals surface area contributed by atoms with Crippen LogP contribution in [0.25, 0.3) is 0 Å². The maximum Gasteiger partial charge on any atom is 0.128 e. The molecule has 24 heavy (non-hydrogen) atoms. The Morgan fingerprint density at radius 2 is 1.75 bits per heavy atom. The van der Waals surface area contributed by atoms with E-state index in [0.717, 1.165) is 23.5 Å². The highest BCUT2D eigenvalue weighted by atomic mass is 35.5. The van der Waals surface area contributed by atoms with Gasteiger partial charge in [-0.1, -0.05) is 61.0 Å². The average Bonchev–Trinajstić information content (AvgIpc) is 2.99. The number of aliphatic hydroxyl groups is 1. The summed E-state index contributed by atoms with van der Waals surface area (Å²) in [6.45, 7) is 4.56. The predicted octanol–water partition coefficient (Wildman–Crippen LogP) is 4.40. The SMILES string of the molecule is CCc1ncc(C(C)(O)c2ccc(Cl)cc2)n1Cc1ccccc1. The van der Waals surface area contributed by atoms with Crippen molar-refractivity contribution in [3.8, 4) is 0 Å². The number of benzene rings is 2. The molecule has 1 heterocycles. The Hall–Kier alpha value is -2.10. The monoisotopic (exact) mass is 340 g/mol. The van der Waals surface area contributed by atoms with Crippen molar-refractivity contribution in [2.75, 3.05) is 0 Å². The second-order valence-corrected chi connectivity index (χ2v) is 6.50. The lowest BCUT2D eigenvalue weighted by Gasteiger charge is -2.26. The van der Waals surface area contributed by atoms with E-state index in [1.165, 1.54) is 5.56 Å². The molecule has 3 aromatic rings. The predicted molar refractivity (Wildman–Crippen MR) is 97.3 cm³/mol. The molecule has 2 aromatic carbocycles. The molecule has 1 aromatic heterocycles. The van der Waals surface area contributed by atoms with E-state index in [1.54, 1.807) is 25.3 Å². The van der Waals surface area contributed by atoms with Gasteiger partial charge in [0.1, 0.15) is 11.4 Å². The van der Waals surface area contributed by atoms with E-state index in [0.29, 0.717) is 11.6 Å². The summed E-state index contributed by atoms with van der Waals surface area (Å²) in [5.41, 5.74) is 1.62. The number of hydrogen-bond acceptors (Lipinski definition) is 2. The van der Waals surface area contributed by atoms with Gasteiger partial charge in [-0.2, -0.15) is 0 Å². The molecule has 0 aliphatic rings. The number of aryl methyl sites for hydroxylation is 1. The third-order valence-corrected chi connectivity index (χ3v) is 4.60. The molecule has 0 spiro atoms. The molecule has 0 aliphatic heterocycles. The van der Waals surface area contributed by atoms with E-state index < -0.39 is 5.60 Å². The highest BCUT2D eigenvalue weighted by molar-refractivity contribution is 6.30. The molecule has 0 aliphatic carbocycles. The van der Waals surface area contributed by atoms with Crippen LogP contribution in [0.4, 0.5) is 0 Å². The summed E-state index contributed by atoms with van der Waals surface area (Å²) < 4.78 is 2.10. The van der Waals surface area contributed by atoms with Crippen LogP contribution in [-0.4, -0.2) is 14.7 Å². The summed E-state index contributed by atoms with van der Waals surface area (Å²) in [6, 6.07) is 17.5. The minimum atomic E-state index is -1.14. The van der Waals surface area contributed by atoms with Gasteiger partial charge >= 0.3 is 0 Å². The van der Waals surface area contributed by atoms with Gasteiger partial charge < -0.3 is 9.67 Å². The number of aromatic nitrogens is 2. The fourth-order valence-electron chi connectivity index (χ4n) is 2.95. The van der Waals surface area contributed by atoms with Gasteiger partial charge in [-0.05, 0) is 30.2 Å². The molecule has 0 saturated carbocycles. The first kappa shape index (κ1) is 16.7. The lowest BCUT2D eigenvalue weighted by Crippen LogP contribution is -2.27. The molecule has 0 fully saturated rings. The third kappa shape index (κ3) is 3.23. The number of rotatable bonds is 5. The van der Waals surface area contributed by atoms with Crippen LogP contribution in [0, 0.1) is 0 Å². The number of imidazole rings is 1. The van der Waals surface area contributed by atoms with Gasteiger partial charge in [0, 0.05) is 18.0 Å². The van der Waals surface area contributed by atoms with E-state index >= 15 is 0 Å². The van der Waals surface area contributed by atoms with E-state index in [-0.39, 0.29) is 0 Å². The molecule has 1 atom stereocenters. The largest absolute Gasteiger partial charge is 0.379 e. The van der Waals surface area contributed by atoms with Crippen LogP contribution >= 0.6 is 11.6 Å². The zero-order chi connectivity index (χ0) is 17.2. The molecule has 0 saturated heterocycles. The van der Waals surface area contributed by atoms with Crippen LogP contribution < -0.4 is 0 Å². The quantitative estimate of drug-likeness (QED) is 0.747. The van der Waals surface area contributed by atoms with Crippen LogP contribution in [0.1, 0.15) is 36.5 Å². The van der Waals surface area contributed by atoms with Gasteiger partial charge in [-0.15, -0.1) is 0 Å². The fourth-order valence-corrected chi connectivity index (χ4v) is 3.08. The van der Waals surface area contributed by atoms with Gasteiger partial charge in [0.05, 0.1) is 11.9 Å². The standard InChI is InChI=1S/C20H21ClN2O/c1-3-19-22-13-18(23(19)14-15-7-5-4-6-8-15)20(2,24)16-9-11-17(21)12-10-16/h4-13,24H,3,14H2,1-2H3. The average molecular weight is 341 g/mol. The molecule has 3 rings (SSSR count). The van der Waals surface area contributed by atoms with Gasteiger partial charge in [0.15, 0.2) is 0 Å². The van der Waals surface area contributed by atoms with Crippen molar-refractivity contribution in [2.24, 2.45) is 0 Å². The normalized spacial score (nSPS) is 13.7. The van der Waals surface area contributed by atoms with Crippen LogP contribution in [0.3, 0.4) is 0 Å². The van der Waals surface area contributed by atoms with E-state index in [1.807, 2.05) is 30.3 Å². The molecule has 1 N–H and O–H groups in total. The molecule has 1 unspecified atom stereocenters. The maximum absolute atomic E-state index is 11.2. The second kappa shape index (κ2) is 6.80. The Morgan fingerprint density at radius 1 is 1.08 bits per heavy atom. The van der Waals surface area contributed by atoms with Crippen LogP contribution in [0.15, 0.2) is 60.8 Å². The van der Waals surface area contributed by atoms with Crippen molar-refractivity contribution in [3.63, 3.8) is 0 Å². The van der Waals surface area contributed by atoms with E-state index in [4.69, 9.17) is 11.6 Å². The Kier molecular flexibility index (Phi) is 4.74. The number of nitrogens with zero attached hydrogens (tertiary/aromatic N) is 2. The highest BCUT2D eigenvalue weighted by Crippen LogP contribution is 2.31. The van der Waals surface area contributed by atoms with Crippen molar-refractivity contribution in [2.45, 2.75) is 32.4 Å². The van der Waals surface area contributed by atoms with Crippen molar-refractivity contribution in [3.05, 3.63) is 88.5 Å². The van der Waals surface area contributed by atoms with Crippen molar-refractivity contribution in [1.29, 1.82) is 0 Å². The number of halogens is 1. The summed E-state index contributed by atoms with van der Waals surface area (Å²) in [5, 5.41) is 11.9. The van der Waals surface area contributed by atoms with Gasteiger partial charge in [0.25, 0.3) is 0 Å². The zero-order valence-electron chi connectivity index (χ0n) is 13.9. The summed E-state index contributed by atoms with van der Waals surface area (Å²) in [6.07, 6.45) is 2.58.